The molecule has 1 aromatic rings. The lowest BCUT2D eigenvalue weighted by atomic mass is 9.42. The van der Waals surface area contributed by atoms with E-state index < -0.39 is 52.9 Å². The zero-order chi connectivity index (χ0) is 22.6. The maximum Gasteiger partial charge on any atom is 0.310 e. The summed E-state index contributed by atoms with van der Waals surface area (Å²) < 4.78 is 21.5. The second kappa shape index (κ2) is 7.65. The first-order valence-corrected chi connectivity index (χ1v) is 10.8. The quantitative estimate of drug-likeness (QED) is 0.571. The second-order valence-corrected chi connectivity index (χ2v) is 9.72. The number of methoxy groups -OCH3 is 1. The molecule has 170 valence electrons. The van der Waals surface area contributed by atoms with E-state index in [0.717, 1.165) is 5.56 Å². The molecular formula is C23H30O8. The third-order valence-corrected chi connectivity index (χ3v) is 8.06. The molecule has 2 saturated carbocycles. The number of aliphatic hydroxyl groups is 1. The Morgan fingerprint density at radius 2 is 2.00 bits per heavy atom. The number of hydrogen-bond donors (Lipinski definition) is 1. The predicted molar refractivity (Wildman–Crippen MR) is 106 cm³/mol. The van der Waals surface area contributed by atoms with Crippen LogP contribution in [0.1, 0.15) is 58.1 Å². The highest BCUT2D eigenvalue weighted by atomic mass is 16.6. The SMILES string of the molecule is COC(=O)[C@@H]1C[C@H](OC(C)=O)C(O)C2[C@@]3(C)C[C@@H](c4ccoc4)OC(=O)[C@H]3CC[C@]21C. The van der Waals surface area contributed by atoms with Gasteiger partial charge in [-0.25, -0.2) is 0 Å². The van der Waals surface area contributed by atoms with Gasteiger partial charge in [0.15, 0.2) is 0 Å². The van der Waals surface area contributed by atoms with Crippen LogP contribution in [0, 0.1) is 28.6 Å². The topological polar surface area (TPSA) is 112 Å². The molecule has 0 radical (unpaired) electrons. The normalized spacial score (nSPS) is 42.0. The molecular weight excluding hydrogens is 404 g/mol. The number of carbonyl (C=O) groups excluding carboxylic acids is 3. The molecule has 0 spiro atoms. The fourth-order valence-electron chi connectivity index (χ4n) is 6.74. The molecule has 0 amide bonds. The Morgan fingerprint density at radius 3 is 2.61 bits per heavy atom. The van der Waals surface area contributed by atoms with Crippen LogP contribution < -0.4 is 0 Å². The minimum Gasteiger partial charge on any atom is -0.472 e. The van der Waals surface area contributed by atoms with Gasteiger partial charge in [0.1, 0.15) is 12.2 Å². The van der Waals surface area contributed by atoms with Gasteiger partial charge in [-0.15, -0.1) is 0 Å². The van der Waals surface area contributed by atoms with Gasteiger partial charge in [-0.3, -0.25) is 14.4 Å². The van der Waals surface area contributed by atoms with Crippen molar-refractivity contribution in [3.8, 4) is 0 Å². The molecule has 4 rings (SSSR count). The van der Waals surface area contributed by atoms with E-state index in [1.807, 2.05) is 13.8 Å². The van der Waals surface area contributed by atoms with Crippen molar-refractivity contribution in [1.82, 2.24) is 0 Å². The number of esters is 3. The summed E-state index contributed by atoms with van der Waals surface area (Å²) in [6.07, 6.45) is 2.50. The highest BCUT2D eigenvalue weighted by Crippen LogP contribution is 2.66. The van der Waals surface area contributed by atoms with E-state index in [2.05, 4.69) is 0 Å². The summed E-state index contributed by atoms with van der Waals surface area (Å²) in [7, 11) is 1.34. The predicted octanol–water partition coefficient (Wildman–Crippen LogP) is 2.79. The summed E-state index contributed by atoms with van der Waals surface area (Å²) in [5.41, 5.74) is -0.534. The standard InChI is InChI=1S/C23H30O8/c1-12(24)30-16-9-15(20(26)28-4)22(2)7-5-14-21(27)31-17(13-6-8-29-11-13)10-23(14,3)19(22)18(16)25/h6,8,11,14-19,25H,5,7,9-10H2,1-4H3/t14-,15+,16+,17+,18?,19?,22+,23+/m1/s1. The highest BCUT2D eigenvalue weighted by Gasteiger charge is 2.67. The fraction of sp³-hybridized carbons (Fsp3) is 0.696. The van der Waals surface area contributed by atoms with Gasteiger partial charge < -0.3 is 23.7 Å². The number of rotatable bonds is 3. The van der Waals surface area contributed by atoms with Crippen LogP contribution >= 0.6 is 0 Å². The van der Waals surface area contributed by atoms with Crippen molar-refractivity contribution < 1.29 is 38.1 Å². The monoisotopic (exact) mass is 434 g/mol. The molecule has 1 N–H and O–H groups in total. The van der Waals surface area contributed by atoms with Crippen LogP contribution in [0.5, 0.6) is 0 Å². The van der Waals surface area contributed by atoms with Gasteiger partial charge in [0.2, 0.25) is 0 Å². The van der Waals surface area contributed by atoms with Gasteiger partial charge in [0.05, 0.1) is 37.6 Å². The molecule has 1 saturated heterocycles. The van der Waals surface area contributed by atoms with Gasteiger partial charge in [-0.1, -0.05) is 13.8 Å². The number of furan rings is 1. The third kappa shape index (κ3) is 3.35. The van der Waals surface area contributed by atoms with Crippen LogP contribution in [0.3, 0.4) is 0 Å². The summed E-state index contributed by atoms with van der Waals surface area (Å²) in [5, 5.41) is 11.5. The van der Waals surface area contributed by atoms with Gasteiger partial charge in [0.25, 0.3) is 0 Å². The van der Waals surface area contributed by atoms with Crippen molar-refractivity contribution in [3.63, 3.8) is 0 Å². The Labute approximate surface area is 181 Å². The zero-order valence-corrected chi connectivity index (χ0v) is 18.3. The number of cyclic esters (lactones) is 1. The van der Waals surface area contributed by atoms with Crippen molar-refractivity contribution in [2.24, 2.45) is 28.6 Å². The summed E-state index contributed by atoms with van der Waals surface area (Å²) in [5.74, 6) is -2.66. The van der Waals surface area contributed by atoms with E-state index in [9.17, 15) is 19.5 Å². The van der Waals surface area contributed by atoms with Crippen molar-refractivity contribution in [1.29, 1.82) is 0 Å². The van der Waals surface area contributed by atoms with Crippen LogP contribution in [0.4, 0.5) is 0 Å². The van der Waals surface area contributed by atoms with E-state index in [1.54, 1.807) is 12.3 Å². The van der Waals surface area contributed by atoms with E-state index >= 15 is 0 Å². The molecule has 3 aliphatic rings. The number of ether oxygens (including phenoxy) is 3. The maximum absolute atomic E-state index is 13.0. The van der Waals surface area contributed by atoms with E-state index in [-0.39, 0.29) is 18.4 Å². The fourth-order valence-corrected chi connectivity index (χ4v) is 6.74. The molecule has 2 heterocycles. The summed E-state index contributed by atoms with van der Waals surface area (Å²) >= 11 is 0. The Morgan fingerprint density at radius 1 is 1.26 bits per heavy atom. The number of fused-ring (bicyclic) bond motifs is 3. The lowest BCUT2D eigenvalue weighted by molar-refractivity contribution is -0.240. The molecule has 2 unspecified atom stereocenters. The Hall–Kier alpha value is -2.35. The molecule has 8 nitrogen and oxygen atoms in total. The smallest absolute Gasteiger partial charge is 0.310 e. The molecule has 0 aromatic carbocycles. The molecule has 2 aliphatic carbocycles. The van der Waals surface area contributed by atoms with Crippen LogP contribution in [0.25, 0.3) is 0 Å². The van der Waals surface area contributed by atoms with Crippen molar-refractivity contribution in [2.45, 2.75) is 64.8 Å². The van der Waals surface area contributed by atoms with Gasteiger partial charge in [-0.05, 0) is 36.2 Å². The molecule has 0 bridgehead atoms. The number of aliphatic hydroxyl groups excluding tert-OH is 1. The van der Waals surface area contributed by atoms with Crippen molar-refractivity contribution >= 4 is 17.9 Å². The summed E-state index contributed by atoms with van der Waals surface area (Å²) in [4.78, 5) is 37.6. The van der Waals surface area contributed by atoms with Crippen LogP contribution in [0.15, 0.2) is 23.0 Å². The van der Waals surface area contributed by atoms with Crippen LogP contribution in [-0.2, 0) is 28.6 Å². The average Bonchev–Trinajstić information content (AvgIpc) is 3.23. The second-order valence-electron chi connectivity index (χ2n) is 9.72. The van der Waals surface area contributed by atoms with Gasteiger partial charge >= 0.3 is 17.9 Å². The molecule has 8 atom stereocenters. The number of hydrogen-bond acceptors (Lipinski definition) is 8. The molecule has 8 heteroatoms. The summed E-state index contributed by atoms with van der Waals surface area (Å²) in [6.45, 7) is 5.26. The maximum atomic E-state index is 13.0. The van der Waals surface area contributed by atoms with Crippen molar-refractivity contribution in [3.05, 3.63) is 24.2 Å². The van der Waals surface area contributed by atoms with Gasteiger partial charge in [-0.2, -0.15) is 0 Å². The molecule has 31 heavy (non-hydrogen) atoms. The minimum absolute atomic E-state index is 0.191. The lowest BCUT2D eigenvalue weighted by Crippen LogP contribution is -2.66. The average molecular weight is 434 g/mol. The largest absolute Gasteiger partial charge is 0.472 e. The Balaban J connectivity index is 1.78. The Bertz CT molecular complexity index is 863. The van der Waals surface area contributed by atoms with E-state index in [4.69, 9.17) is 18.6 Å². The van der Waals surface area contributed by atoms with Crippen LogP contribution in [-0.4, -0.2) is 42.3 Å². The van der Waals surface area contributed by atoms with E-state index in [0.29, 0.717) is 19.3 Å². The van der Waals surface area contributed by atoms with E-state index in [1.165, 1.54) is 20.3 Å². The lowest BCUT2D eigenvalue weighted by Gasteiger charge is -2.63. The first-order chi connectivity index (χ1) is 14.6. The first kappa shape index (κ1) is 21.9. The van der Waals surface area contributed by atoms with Crippen LogP contribution in [0.2, 0.25) is 0 Å². The number of carbonyl (C=O) groups is 3. The molecule has 1 aliphatic heterocycles. The molecule has 1 aromatic heterocycles. The Kier molecular flexibility index (Phi) is 5.40. The molecule has 3 fully saturated rings. The van der Waals surface area contributed by atoms with Crippen molar-refractivity contribution in [2.75, 3.05) is 7.11 Å². The highest BCUT2D eigenvalue weighted by molar-refractivity contribution is 5.76. The zero-order valence-electron chi connectivity index (χ0n) is 18.3. The minimum atomic E-state index is -1.02. The first-order valence-electron chi connectivity index (χ1n) is 10.8. The van der Waals surface area contributed by atoms with Gasteiger partial charge in [0, 0.05) is 24.8 Å². The third-order valence-electron chi connectivity index (χ3n) is 8.06. The summed E-state index contributed by atoms with van der Waals surface area (Å²) in [6, 6.07) is 1.76.